The Hall–Kier alpha value is -5.54. The largest absolute Gasteiger partial charge is 0.410 e. The molecule has 2 aromatic carbocycles. The molecular formula is C47H57N7O2. The van der Waals surface area contributed by atoms with Crippen molar-refractivity contribution in [3.63, 3.8) is 0 Å². The quantitative estimate of drug-likeness (QED) is 0.0324. The van der Waals surface area contributed by atoms with Crippen molar-refractivity contribution in [3.05, 3.63) is 160 Å². The molecule has 0 unspecified atom stereocenters. The van der Waals surface area contributed by atoms with Crippen LogP contribution in [0.5, 0.6) is 0 Å². The van der Waals surface area contributed by atoms with Crippen molar-refractivity contribution in [1.29, 1.82) is 0 Å². The smallest absolute Gasteiger partial charge is 0.180 e. The Balaban J connectivity index is 1.43. The van der Waals surface area contributed by atoms with Crippen LogP contribution in [-0.4, -0.2) is 41.9 Å². The summed E-state index contributed by atoms with van der Waals surface area (Å²) >= 11 is 0. The molecule has 8 bridgehead atoms. The van der Waals surface area contributed by atoms with Crippen LogP contribution in [0.2, 0.25) is 0 Å². The number of benzene rings is 2. The summed E-state index contributed by atoms with van der Waals surface area (Å²) in [5.41, 5.74) is 12.7. The summed E-state index contributed by atoms with van der Waals surface area (Å²) in [6, 6.07) is 35.6. The summed E-state index contributed by atoms with van der Waals surface area (Å²) in [5.74, 6) is 0.0337. The number of fused-ring (bicyclic) bond motifs is 8. The summed E-state index contributed by atoms with van der Waals surface area (Å²) in [5, 5.41) is 23.4. The lowest BCUT2D eigenvalue weighted by atomic mass is 9.75. The third kappa shape index (κ3) is 5.86. The summed E-state index contributed by atoms with van der Waals surface area (Å²) < 4.78 is 0. The van der Waals surface area contributed by atoms with Gasteiger partial charge in [-0.1, -0.05) is 89.2 Å². The van der Waals surface area contributed by atoms with E-state index in [9.17, 15) is 10.4 Å². The molecule has 56 heavy (non-hydrogen) atoms. The third-order valence-electron chi connectivity index (χ3n) is 13.7. The molecule has 7 N–H and O–H groups in total. The maximum Gasteiger partial charge on any atom is 0.180 e. The molecule has 6 aromatic rings. The normalized spacial score (nSPS) is 17.1. The zero-order valence-corrected chi connectivity index (χ0v) is 33.8. The topological polar surface area (TPSA) is 140 Å². The first-order valence-electron chi connectivity index (χ1n) is 20.3. The number of nitrogens with zero attached hydrogens (tertiary/aromatic N) is 2. The molecule has 0 radical (unpaired) electrons. The van der Waals surface area contributed by atoms with E-state index in [0.717, 1.165) is 55.5 Å². The molecule has 9 heteroatoms. The van der Waals surface area contributed by atoms with Gasteiger partial charge in [0.2, 0.25) is 0 Å². The van der Waals surface area contributed by atoms with E-state index in [1.54, 1.807) is 12.1 Å². The van der Waals surface area contributed by atoms with Gasteiger partial charge in [-0.15, -0.1) is 0 Å². The van der Waals surface area contributed by atoms with E-state index in [1.165, 1.54) is 34.2 Å². The number of hydrogen-bond acceptors (Lipinski definition) is 4. The standard InChI is InChI=1S/C47H57N7O2/c1-8-45(9-2)36-25-23-34(49-36)44(7,32-19-21-33(22-20-32)48-43(54-56)42(53-55)31-17-15-14-16-18-31)35-24-26-37(50-35)46(10-3,11-4)39-28-30-41(52-39)47(12-5,13-6)40-29-27-38(45)51-40/h14-30,49-52,55-56H,8-13H2,1-7H3,(H,48,54)/b53-42+. The van der Waals surface area contributed by atoms with Gasteiger partial charge in [0.15, 0.2) is 11.5 Å². The lowest BCUT2D eigenvalue weighted by molar-refractivity contribution is 0.236. The maximum absolute atomic E-state index is 10.1. The lowest BCUT2D eigenvalue weighted by Crippen LogP contribution is -2.32. The van der Waals surface area contributed by atoms with Gasteiger partial charge in [-0.3, -0.25) is 10.7 Å². The molecule has 292 valence electrons. The molecule has 0 aliphatic carbocycles. The van der Waals surface area contributed by atoms with E-state index < -0.39 is 5.41 Å². The summed E-state index contributed by atoms with van der Waals surface area (Å²) in [6.45, 7) is 16.1. The average Bonchev–Trinajstić information content (AvgIpc) is 4.10. The molecule has 4 aromatic heterocycles. The lowest BCUT2D eigenvalue weighted by Gasteiger charge is -2.35. The Labute approximate surface area is 330 Å². The number of aliphatic imine (C=N–C) groups is 1. The van der Waals surface area contributed by atoms with E-state index in [-0.39, 0.29) is 27.8 Å². The Bertz CT molecular complexity index is 2210. The third-order valence-corrected chi connectivity index (χ3v) is 13.7. The maximum atomic E-state index is 10.1. The van der Waals surface area contributed by atoms with Gasteiger partial charge in [0.25, 0.3) is 0 Å². The van der Waals surface area contributed by atoms with Gasteiger partial charge < -0.3 is 25.1 Å². The minimum absolute atomic E-state index is 0.0337. The van der Waals surface area contributed by atoms with Crippen LogP contribution in [0, 0.1) is 0 Å². The van der Waals surface area contributed by atoms with Gasteiger partial charge in [-0.2, -0.15) is 0 Å². The van der Waals surface area contributed by atoms with Crippen LogP contribution in [0.15, 0.2) is 113 Å². The number of hydrogen-bond donors (Lipinski definition) is 7. The molecule has 0 atom stereocenters. The number of aromatic nitrogens is 4. The van der Waals surface area contributed by atoms with Crippen LogP contribution >= 0.6 is 0 Å². The summed E-state index contributed by atoms with van der Waals surface area (Å²) in [6.07, 6.45) is 5.66. The highest BCUT2D eigenvalue weighted by Crippen LogP contribution is 2.47. The molecule has 0 saturated carbocycles. The molecule has 0 fully saturated rings. The van der Waals surface area contributed by atoms with E-state index in [4.69, 9.17) is 0 Å². The number of aromatic amines is 4. The minimum atomic E-state index is -0.614. The molecule has 7 rings (SSSR count). The second-order valence-corrected chi connectivity index (χ2v) is 15.6. The van der Waals surface area contributed by atoms with Crippen molar-refractivity contribution in [2.75, 3.05) is 0 Å². The van der Waals surface area contributed by atoms with Crippen LogP contribution in [-0.2, 0) is 21.7 Å². The second-order valence-electron chi connectivity index (χ2n) is 15.6. The van der Waals surface area contributed by atoms with Gasteiger partial charge >= 0.3 is 0 Å². The molecular weight excluding hydrogens is 695 g/mol. The van der Waals surface area contributed by atoms with Crippen LogP contribution < -0.4 is 5.48 Å². The van der Waals surface area contributed by atoms with Gasteiger partial charge in [0.05, 0.1) is 11.1 Å². The van der Waals surface area contributed by atoms with E-state index in [2.05, 4.69) is 145 Å². The minimum Gasteiger partial charge on any atom is -0.410 e. The predicted octanol–water partition coefficient (Wildman–Crippen LogP) is 10.9. The van der Waals surface area contributed by atoms with Crippen molar-refractivity contribution >= 4 is 17.2 Å². The Morgan fingerprint density at radius 2 is 0.875 bits per heavy atom. The number of hydroxylamine groups is 1. The number of amidine groups is 1. The van der Waals surface area contributed by atoms with Crippen molar-refractivity contribution in [1.82, 2.24) is 25.4 Å². The van der Waals surface area contributed by atoms with Crippen LogP contribution in [0.25, 0.3) is 0 Å². The van der Waals surface area contributed by atoms with E-state index in [1.807, 2.05) is 30.3 Å². The SMILES string of the molecule is CCC1(CC)c2ccc([nH]2)C(CC)(CC)c2ccc([nH]2)C(C)(c2ccc(N=C(NO)/C(=N/O)c3ccccc3)cc2)c2ccc([nH]2)C(CC)(CC)c2ccc1[nH]2. The van der Waals surface area contributed by atoms with Crippen LogP contribution in [0.4, 0.5) is 5.69 Å². The van der Waals surface area contributed by atoms with E-state index in [0.29, 0.717) is 11.3 Å². The fourth-order valence-corrected chi connectivity index (χ4v) is 9.73. The molecule has 0 amide bonds. The van der Waals surface area contributed by atoms with Crippen molar-refractivity contribution < 1.29 is 10.4 Å². The van der Waals surface area contributed by atoms with Crippen molar-refractivity contribution in [2.24, 2.45) is 10.1 Å². The summed E-state index contributed by atoms with van der Waals surface area (Å²) in [4.78, 5) is 20.7. The average molecular weight is 752 g/mol. The molecule has 1 aliphatic heterocycles. The fraction of sp³-hybridized carbons (Fsp3) is 0.362. The Kier molecular flexibility index (Phi) is 10.5. The number of rotatable bonds is 10. The predicted molar refractivity (Wildman–Crippen MR) is 226 cm³/mol. The van der Waals surface area contributed by atoms with Crippen molar-refractivity contribution in [3.8, 4) is 0 Å². The first-order valence-corrected chi connectivity index (χ1v) is 20.3. The van der Waals surface area contributed by atoms with Gasteiger partial charge in [0, 0.05) is 67.4 Å². The second kappa shape index (κ2) is 15.2. The highest BCUT2D eigenvalue weighted by molar-refractivity contribution is 6.47. The van der Waals surface area contributed by atoms with Gasteiger partial charge in [-0.25, -0.2) is 4.99 Å². The Morgan fingerprint density at radius 1 is 0.518 bits per heavy atom. The number of H-pyrrole nitrogens is 4. The molecule has 5 heterocycles. The van der Waals surface area contributed by atoms with Crippen LogP contribution in [0.1, 0.15) is 144 Å². The highest BCUT2D eigenvalue weighted by atomic mass is 16.5. The fourth-order valence-electron chi connectivity index (χ4n) is 9.73. The zero-order chi connectivity index (χ0) is 39.7. The van der Waals surface area contributed by atoms with E-state index >= 15 is 0 Å². The number of oxime groups is 1. The molecule has 9 nitrogen and oxygen atoms in total. The molecule has 0 spiro atoms. The van der Waals surface area contributed by atoms with Crippen LogP contribution in [0.3, 0.4) is 0 Å². The van der Waals surface area contributed by atoms with Crippen molar-refractivity contribution in [2.45, 2.75) is 109 Å². The first-order chi connectivity index (χ1) is 27.2. The first kappa shape index (κ1) is 38.7. The zero-order valence-electron chi connectivity index (χ0n) is 33.8. The Morgan fingerprint density at radius 3 is 1.21 bits per heavy atom. The monoisotopic (exact) mass is 751 g/mol. The molecule has 0 saturated heterocycles. The molecule has 1 aliphatic rings. The van der Waals surface area contributed by atoms with Gasteiger partial charge in [0.1, 0.15) is 0 Å². The highest BCUT2D eigenvalue weighted by Gasteiger charge is 2.43. The summed E-state index contributed by atoms with van der Waals surface area (Å²) in [7, 11) is 0. The number of nitrogens with one attached hydrogen (secondary N) is 5. The van der Waals surface area contributed by atoms with Gasteiger partial charge in [-0.05, 0) is 112 Å².